The number of rotatable bonds is 4. The van der Waals surface area contributed by atoms with E-state index >= 15 is 0 Å². The summed E-state index contributed by atoms with van der Waals surface area (Å²) >= 11 is 0. The molecule has 0 atom stereocenters. The first-order valence-electron chi connectivity index (χ1n) is 6.04. The van der Waals surface area contributed by atoms with E-state index in [0.29, 0.717) is 5.04 Å². The zero-order valence-electron chi connectivity index (χ0n) is 11.2. The average molecular weight is 232 g/mol. The fourth-order valence-corrected chi connectivity index (χ4v) is 1.97. The summed E-state index contributed by atoms with van der Waals surface area (Å²) < 4.78 is 0. The van der Waals surface area contributed by atoms with Gasteiger partial charge in [0.05, 0.1) is 8.07 Å². The first-order chi connectivity index (χ1) is 7.33. The van der Waals surface area contributed by atoms with E-state index in [9.17, 15) is 0 Å². The molecule has 1 heteroatoms. The summed E-state index contributed by atoms with van der Waals surface area (Å²) in [5.74, 6) is 0. The Kier molecular flexibility index (Phi) is 4.14. The van der Waals surface area contributed by atoms with E-state index in [1.807, 2.05) is 0 Å². The van der Waals surface area contributed by atoms with Crippen LogP contribution in [-0.4, -0.2) is 8.07 Å². The SMILES string of the molecule is CC(C)(/C=C/Cc1ccccc1)[Si](C)(C)C. The van der Waals surface area contributed by atoms with Crippen LogP contribution in [0, 0.1) is 0 Å². The minimum absolute atomic E-state index is 0.377. The van der Waals surface area contributed by atoms with Crippen LogP contribution in [0.5, 0.6) is 0 Å². The molecule has 0 aliphatic heterocycles. The number of allylic oxidation sites excluding steroid dienone is 2. The van der Waals surface area contributed by atoms with Gasteiger partial charge in [0.2, 0.25) is 0 Å². The van der Waals surface area contributed by atoms with Crippen LogP contribution < -0.4 is 0 Å². The van der Waals surface area contributed by atoms with E-state index in [-0.39, 0.29) is 0 Å². The molecule has 0 spiro atoms. The van der Waals surface area contributed by atoms with Crippen LogP contribution in [0.3, 0.4) is 0 Å². The van der Waals surface area contributed by atoms with E-state index < -0.39 is 8.07 Å². The normalized spacial score (nSPS) is 13.3. The first-order valence-corrected chi connectivity index (χ1v) is 9.54. The van der Waals surface area contributed by atoms with Crippen molar-refractivity contribution in [1.29, 1.82) is 0 Å². The molecular weight excluding hydrogens is 208 g/mol. The van der Waals surface area contributed by atoms with Crippen molar-refractivity contribution in [3.63, 3.8) is 0 Å². The molecule has 0 N–H and O–H groups in total. The molecule has 0 nitrogen and oxygen atoms in total. The molecule has 0 fully saturated rings. The van der Waals surface area contributed by atoms with Gasteiger partial charge in [-0.1, -0.05) is 76.0 Å². The Morgan fingerprint density at radius 3 is 2.12 bits per heavy atom. The lowest BCUT2D eigenvalue weighted by molar-refractivity contribution is 0.808. The van der Waals surface area contributed by atoms with Gasteiger partial charge in [-0.15, -0.1) is 0 Å². The van der Waals surface area contributed by atoms with Crippen molar-refractivity contribution in [3.05, 3.63) is 48.0 Å². The summed E-state index contributed by atoms with van der Waals surface area (Å²) in [5.41, 5.74) is 1.39. The molecule has 16 heavy (non-hydrogen) atoms. The largest absolute Gasteiger partial charge is 0.0852 e. The van der Waals surface area contributed by atoms with Crippen molar-refractivity contribution in [2.24, 2.45) is 0 Å². The summed E-state index contributed by atoms with van der Waals surface area (Å²) in [6, 6.07) is 10.6. The minimum Gasteiger partial charge on any atom is -0.0852 e. The van der Waals surface area contributed by atoms with Gasteiger partial charge in [0.1, 0.15) is 0 Å². The highest BCUT2D eigenvalue weighted by Crippen LogP contribution is 2.38. The number of hydrogen-bond donors (Lipinski definition) is 0. The van der Waals surface area contributed by atoms with E-state index in [2.05, 4.69) is 76.0 Å². The minimum atomic E-state index is -1.11. The maximum absolute atomic E-state index is 2.43. The topological polar surface area (TPSA) is 0 Å². The first kappa shape index (κ1) is 13.2. The lowest BCUT2D eigenvalue weighted by Gasteiger charge is -2.34. The molecule has 0 aliphatic rings. The number of hydrogen-bond acceptors (Lipinski definition) is 0. The molecule has 0 amide bonds. The van der Waals surface area contributed by atoms with Gasteiger partial charge in [-0.05, 0) is 17.0 Å². The molecule has 0 unspecified atom stereocenters. The molecule has 0 aromatic heterocycles. The average Bonchev–Trinajstić information content (AvgIpc) is 2.17. The Bertz CT molecular complexity index is 341. The van der Waals surface area contributed by atoms with Crippen LogP contribution in [0.4, 0.5) is 0 Å². The van der Waals surface area contributed by atoms with Crippen molar-refractivity contribution in [2.75, 3.05) is 0 Å². The standard InChI is InChI=1S/C15H24Si/c1-15(2,16(3,4)5)13-9-12-14-10-7-6-8-11-14/h6-11,13H,12H2,1-5H3/b13-9+. The van der Waals surface area contributed by atoms with E-state index in [4.69, 9.17) is 0 Å². The lowest BCUT2D eigenvalue weighted by Crippen LogP contribution is -2.33. The summed E-state index contributed by atoms with van der Waals surface area (Å²) in [4.78, 5) is 0. The van der Waals surface area contributed by atoms with Crippen molar-refractivity contribution in [2.45, 2.75) is 44.9 Å². The fraction of sp³-hybridized carbons (Fsp3) is 0.467. The van der Waals surface area contributed by atoms with Crippen molar-refractivity contribution >= 4 is 8.07 Å². The predicted octanol–water partition coefficient (Wildman–Crippen LogP) is 4.90. The molecule has 0 bridgehead atoms. The molecular formula is C15H24Si. The second-order valence-corrected chi connectivity index (χ2v) is 11.9. The predicted molar refractivity (Wildman–Crippen MR) is 76.7 cm³/mol. The molecule has 1 rings (SSSR count). The fourth-order valence-electron chi connectivity index (χ4n) is 1.35. The maximum atomic E-state index is 2.43. The van der Waals surface area contributed by atoms with E-state index in [1.165, 1.54) is 5.56 Å². The highest BCUT2D eigenvalue weighted by Gasteiger charge is 2.31. The Balaban J connectivity index is 2.62. The van der Waals surface area contributed by atoms with Gasteiger partial charge in [0, 0.05) is 0 Å². The van der Waals surface area contributed by atoms with Gasteiger partial charge in [-0.2, -0.15) is 0 Å². The third-order valence-corrected chi connectivity index (χ3v) is 7.70. The van der Waals surface area contributed by atoms with Gasteiger partial charge >= 0.3 is 0 Å². The molecule has 1 aromatic carbocycles. The third kappa shape index (κ3) is 3.64. The molecule has 0 saturated carbocycles. The molecule has 88 valence electrons. The van der Waals surface area contributed by atoms with Gasteiger partial charge in [-0.3, -0.25) is 0 Å². The summed E-state index contributed by atoms with van der Waals surface area (Å²) in [6.45, 7) is 12.0. The lowest BCUT2D eigenvalue weighted by atomic mass is 10.1. The molecule has 0 saturated heterocycles. The Morgan fingerprint density at radius 2 is 1.62 bits per heavy atom. The van der Waals surface area contributed by atoms with Crippen molar-refractivity contribution in [3.8, 4) is 0 Å². The molecule has 1 aromatic rings. The second kappa shape index (κ2) is 5.01. The van der Waals surface area contributed by atoms with Crippen LogP contribution in [-0.2, 0) is 6.42 Å². The Labute approximate surface area is 101 Å². The Hall–Kier alpha value is -0.823. The number of benzene rings is 1. The molecule has 0 radical (unpaired) electrons. The molecule has 0 aliphatic carbocycles. The monoisotopic (exact) mass is 232 g/mol. The van der Waals surface area contributed by atoms with Crippen molar-refractivity contribution < 1.29 is 0 Å². The van der Waals surface area contributed by atoms with Crippen LogP contribution in [0.1, 0.15) is 19.4 Å². The van der Waals surface area contributed by atoms with E-state index in [1.54, 1.807) is 0 Å². The van der Waals surface area contributed by atoms with Crippen molar-refractivity contribution in [1.82, 2.24) is 0 Å². The van der Waals surface area contributed by atoms with E-state index in [0.717, 1.165) is 6.42 Å². The van der Waals surface area contributed by atoms with Crippen LogP contribution in [0.2, 0.25) is 24.7 Å². The zero-order chi connectivity index (χ0) is 12.2. The maximum Gasteiger partial charge on any atom is 0.0542 e. The smallest absolute Gasteiger partial charge is 0.0542 e. The van der Waals surface area contributed by atoms with Crippen LogP contribution in [0.25, 0.3) is 0 Å². The third-order valence-electron chi connectivity index (χ3n) is 3.66. The quantitative estimate of drug-likeness (QED) is 0.511. The van der Waals surface area contributed by atoms with Gasteiger partial charge in [0.15, 0.2) is 0 Å². The van der Waals surface area contributed by atoms with Gasteiger partial charge in [0.25, 0.3) is 0 Å². The summed E-state index contributed by atoms with van der Waals surface area (Å²) in [7, 11) is -1.11. The zero-order valence-corrected chi connectivity index (χ0v) is 12.2. The Morgan fingerprint density at radius 1 is 1.06 bits per heavy atom. The van der Waals surface area contributed by atoms with Crippen LogP contribution >= 0.6 is 0 Å². The van der Waals surface area contributed by atoms with Crippen LogP contribution in [0.15, 0.2) is 42.5 Å². The highest BCUT2D eigenvalue weighted by molar-refractivity contribution is 6.79. The summed E-state index contributed by atoms with van der Waals surface area (Å²) in [6.07, 6.45) is 5.79. The second-order valence-electron chi connectivity index (χ2n) is 6.06. The molecule has 0 heterocycles. The summed E-state index contributed by atoms with van der Waals surface area (Å²) in [5, 5.41) is 0.377. The van der Waals surface area contributed by atoms with Gasteiger partial charge < -0.3 is 0 Å². The van der Waals surface area contributed by atoms with Gasteiger partial charge in [-0.25, -0.2) is 0 Å². The highest BCUT2D eigenvalue weighted by atomic mass is 28.3.